The minimum absolute atomic E-state index is 0. The Morgan fingerprint density at radius 2 is 0.983 bits per heavy atom. The van der Waals surface area contributed by atoms with Crippen molar-refractivity contribution in [1.82, 2.24) is 0 Å². The number of rotatable bonds is 2. The molecule has 0 aliphatic carbocycles. The van der Waals surface area contributed by atoms with Crippen LogP contribution < -0.4 is 0 Å². The Morgan fingerprint density at radius 3 is 1.21 bits per heavy atom. The molecular formula is C27H27F9O18S3Y. The van der Waals surface area contributed by atoms with Gasteiger partial charge in [0.1, 0.15) is 17.1 Å². The van der Waals surface area contributed by atoms with Gasteiger partial charge in [-0.15, -0.1) is 6.42 Å². The number of ether oxygens (including phenoxy) is 3. The van der Waals surface area contributed by atoms with E-state index in [1.807, 2.05) is 12.1 Å². The number of esters is 3. The van der Waals surface area contributed by atoms with Gasteiger partial charge in [-0.05, 0) is 42.5 Å². The van der Waals surface area contributed by atoms with Crippen LogP contribution >= 0.6 is 0 Å². The zero-order valence-corrected chi connectivity index (χ0v) is 34.0. The van der Waals surface area contributed by atoms with Crippen LogP contribution in [0.1, 0.15) is 20.7 Å². The number of alkyl halides is 9. The van der Waals surface area contributed by atoms with Gasteiger partial charge in [0, 0.05) is 38.6 Å². The van der Waals surface area contributed by atoms with E-state index in [1.165, 1.54) is 45.6 Å². The number of benzene rings is 2. The topological polar surface area (TPSA) is 296 Å². The molecule has 0 bridgehead atoms. The Bertz CT molecular complexity index is 1910. The zero-order valence-electron chi connectivity index (χ0n) is 28.8. The molecular weight excluding hydrogens is 968 g/mol. The summed E-state index contributed by atoms with van der Waals surface area (Å²) in [5, 5.41) is 18.1. The molecule has 2 aromatic carbocycles. The molecule has 0 spiro atoms. The summed E-state index contributed by atoms with van der Waals surface area (Å²) in [6.07, 6.45) is 7.81. The van der Waals surface area contributed by atoms with Crippen LogP contribution in [0.15, 0.2) is 77.6 Å². The number of terminal acetylenes is 1. The molecule has 58 heavy (non-hydrogen) atoms. The Hall–Kier alpha value is -4.51. The third kappa shape index (κ3) is 31.6. The second-order valence-corrected chi connectivity index (χ2v) is 12.5. The number of phenolic OH excluding ortho intramolecular Hbond substituents is 2. The Morgan fingerprint density at radius 1 is 0.621 bits per heavy atom. The number of hydrogen-bond donors (Lipinski definition) is 5. The monoisotopic (exact) mass is 995 g/mol. The van der Waals surface area contributed by atoms with Gasteiger partial charge in [-0.25, -0.2) is 14.4 Å². The summed E-state index contributed by atoms with van der Waals surface area (Å²) >= 11 is 0. The Balaban J connectivity index is -0.000000191. The van der Waals surface area contributed by atoms with E-state index in [0.29, 0.717) is 5.56 Å². The number of para-hydroxylation sites is 1. The summed E-state index contributed by atoms with van der Waals surface area (Å²) in [4.78, 5) is 31.4. The fourth-order valence-electron chi connectivity index (χ4n) is 1.79. The first-order chi connectivity index (χ1) is 25.5. The average molecular weight is 996 g/mol. The van der Waals surface area contributed by atoms with Crippen LogP contribution in [0, 0.1) is 12.3 Å². The maximum Gasteiger partial charge on any atom is 0.522 e. The molecule has 5 N–H and O–H groups in total. The number of halogens is 9. The molecule has 0 amide bonds. The third-order valence-corrected chi connectivity index (χ3v) is 5.94. The third-order valence-electron chi connectivity index (χ3n) is 4.18. The van der Waals surface area contributed by atoms with Crippen molar-refractivity contribution in [2.45, 2.75) is 16.5 Å². The largest absolute Gasteiger partial charge is 0.522 e. The SMILES string of the molecule is C#CC(=O)OC.COC(=O)c1cccc(O)c1.COC(=O)c1ccccc1O.O=S(=O)(O)C(F)(F)F.O=S(=O)(O)C(F)(F)F.O=S(=O)(O)C(F)(F)F.[Y].c1ccoc1. The van der Waals surface area contributed by atoms with Gasteiger partial charge in [0.25, 0.3) is 0 Å². The summed E-state index contributed by atoms with van der Waals surface area (Å²) in [5.74, 6) is 0.162. The van der Waals surface area contributed by atoms with Crippen LogP contribution in [0.2, 0.25) is 0 Å². The van der Waals surface area contributed by atoms with Crippen molar-refractivity contribution in [2.75, 3.05) is 21.3 Å². The van der Waals surface area contributed by atoms with Gasteiger partial charge in [-0.1, -0.05) is 18.2 Å². The minimum Gasteiger partial charge on any atom is -0.508 e. The molecule has 18 nitrogen and oxygen atoms in total. The van der Waals surface area contributed by atoms with Gasteiger partial charge in [0.2, 0.25) is 0 Å². The van der Waals surface area contributed by atoms with Crippen LogP contribution in [0.25, 0.3) is 0 Å². The smallest absolute Gasteiger partial charge is 0.508 e. The molecule has 0 aliphatic heterocycles. The van der Waals surface area contributed by atoms with Crippen molar-refractivity contribution in [3.8, 4) is 23.8 Å². The molecule has 1 radical (unpaired) electrons. The van der Waals surface area contributed by atoms with E-state index in [9.17, 15) is 53.9 Å². The Labute approximate surface area is 347 Å². The summed E-state index contributed by atoms with van der Waals surface area (Å²) in [7, 11) is -13.7. The van der Waals surface area contributed by atoms with Crippen LogP contribution in [-0.4, -0.2) is 105 Å². The van der Waals surface area contributed by atoms with Crippen molar-refractivity contribution >= 4 is 48.3 Å². The first-order valence-electron chi connectivity index (χ1n) is 12.9. The van der Waals surface area contributed by atoms with Gasteiger partial charge < -0.3 is 28.8 Å². The standard InChI is InChI=1S/2C8H8O3.C4H4O2.C4H4O.3CHF3O3S.Y/c1-11-8(10)6-3-2-4-7(9)5-6;1-11-8(10)6-4-2-3-5-7(6)9;1-3-4(5)6-2;1-2-4-5-3-1;3*2-1(3,4)8(5,6)7;/h2*2-5,9H,1H3;1H,2H3;1-4H;3*(H,5,6,7);. The minimum atomic E-state index is -5.84. The fourth-order valence-corrected chi connectivity index (χ4v) is 1.79. The number of furan rings is 1. The van der Waals surface area contributed by atoms with E-state index in [1.54, 1.807) is 42.7 Å². The second kappa shape index (κ2) is 28.8. The van der Waals surface area contributed by atoms with Gasteiger partial charge >= 0.3 is 64.8 Å². The van der Waals surface area contributed by atoms with E-state index >= 15 is 0 Å². The second-order valence-electron chi connectivity index (χ2n) is 8.24. The normalized spacial score (nSPS) is 10.6. The van der Waals surface area contributed by atoms with Crippen molar-refractivity contribution in [1.29, 1.82) is 0 Å². The summed E-state index contributed by atoms with van der Waals surface area (Å²) < 4.78 is 190. The molecule has 0 atom stereocenters. The summed E-state index contributed by atoms with van der Waals surface area (Å²) in [5.41, 5.74) is -16.1. The first-order valence-corrected chi connectivity index (χ1v) is 17.2. The average Bonchev–Trinajstić information content (AvgIpc) is 3.67. The van der Waals surface area contributed by atoms with Crippen molar-refractivity contribution < 1.29 is 154 Å². The number of carbonyl (C=O) groups excluding carboxylic acids is 3. The molecule has 0 saturated carbocycles. The van der Waals surface area contributed by atoms with E-state index in [2.05, 4.69) is 25.1 Å². The Kier molecular flexibility index (Phi) is 31.1. The molecule has 327 valence electrons. The quantitative estimate of drug-likeness (QED) is 0.0445. The van der Waals surface area contributed by atoms with E-state index in [-0.39, 0.29) is 49.8 Å². The van der Waals surface area contributed by atoms with Gasteiger partial charge in [-0.2, -0.15) is 64.8 Å². The van der Waals surface area contributed by atoms with E-state index in [0.717, 1.165) is 0 Å². The first kappa shape index (κ1) is 62.7. The van der Waals surface area contributed by atoms with E-state index in [4.69, 9.17) is 49.1 Å². The molecule has 0 aliphatic rings. The molecule has 0 saturated heterocycles. The van der Waals surface area contributed by atoms with Crippen molar-refractivity contribution in [2.24, 2.45) is 0 Å². The van der Waals surface area contributed by atoms with Crippen molar-refractivity contribution in [3.63, 3.8) is 0 Å². The predicted octanol–water partition coefficient (Wildman–Crippen LogP) is 4.61. The zero-order chi connectivity index (χ0) is 46.1. The van der Waals surface area contributed by atoms with Gasteiger partial charge in [0.05, 0.1) is 39.4 Å². The molecule has 3 aromatic rings. The molecule has 31 heteroatoms. The van der Waals surface area contributed by atoms with Crippen LogP contribution in [0.3, 0.4) is 0 Å². The predicted molar refractivity (Wildman–Crippen MR) is 171 cm³/mol. The van der Waals surface area contributed by atoms with Crippen LogP contribution in [-0.2, 0) is 82.1 Å². The molecule has 1 heterocycles. The summed E-state index contributed by atoms with van der Waals surface area (Å²) in [6, 6.07) is 15.9. The number of aromatic hydroxyl groups is 2. The van der Waals surface area contributed by atoms with Crippen LogP contribution in [0.5, 0.6) is 11.5 Å². The molecule has 0 fully saturated rings. The molecule has 0 unspecified atom stereocenters. The van der Waals surface area contributed by atoms with Crippen molar-refractivity contribution in [3.05, 3.63) is 84.3 Å². The number of phenols is 2. The van der Waals surface area contributed by atoms with Gasteiger partial charge in [0.15, 0.2) is 0 Å². The summed E-state index contributed by atoms with van der Waals surface area (Å²) in [6.45, 7) is 0. The van der Waals surface area contributed by atoms with Gasteiger partial charge in [-0.3, -0.25) is 13.7 Å². The maximum atomic E-state index is 10.9. The van der Waals surface area contributed by atoms with Crippen LogP contribution in [0.4, 0.5) is 39.5 Å². The number of carbonyl (C=O) groups is 3. The maximum absolute atomic E-state index is 10.9. The molecule has 3 rings (SSSR count). The van der Waals surface area contributed by atoms with E-state index < -0.39 is 64.8 Å². The fraction of sp³-hybridized carbons (Fsp3) is 0.222. The number of hydrogen-bond acceptors (Lipinski definition) is 15. The molecule has 1 aromatic heterocycles. The number of methoxy groups -OCH3 is 3.